The van der Waals surface area contributed by atoms with Crippen molar-refractivity contribution in [3.05, 3.63) is 54.1 Å². The summed E-state index contributed by atoms with van der Waals surface area (Å²) in [6, 6.07) is 16.2. The summed E-state index contributed by atoms with van der Waals surface area (Å²) < 4.78 is 11.5. The van der Waals surface area contributed by atoms with Gasteiger partial charge in [-0.05, 0) is 29.7 Å². The molecule has 2 unspecified atom stereocenters. The number of para-hydroxylation sites is 1. The molecule has 4 rings (SSSR count). The number of hydrogen-bond donors (Lipinski definition) is 1. The Labute approximate surface area is 189 Å². The first-order valence-electron chi connectivity index (χ1n) is 11.2. The van der Waals surface area contributed by atoms with E-state index in [-0.39, 0.29) is 30.5 Å². The lowest BCUT2D eigenvalue weighted by molar-refractivity contribution is -0.148. The maximum Gasteiger partial charge on any atom is 0.303 e. The highest BCUT2D eigenvalue weighted by molar-refractivity contribution is 5.94. The Kier molecular flexibility index (Phi) is 6.95. The van der Waals surface area contributed by atoms with Gasteiger partial charge in [-0.25, -0.2) is 0 Å². The molecule has 2 aliphatic rings. The number of amides is 1. The molecular formula is C25H31N3O4. The molecule has 0 aromatic heterocycles. The van der Waals surface area contributed by atoms with Gasteiger partial charge in [0.05, 0.1) is 0 Å². The average molecular weight is 438 g/mol. The number of benzene rings is 2. The van der Waals surface area contributed by atoms with Crippen LogP contribution in [0.4, 0.5) is 11.4 Å². The van der Waals surface area contributed by atoms with Crippen LogP contribution < -0.4 is 15.0 Å². The summed E-state index contributed by atoms with van der Waals surface area (Å²) in [7, 11) is 0. The van der Waals surface area contributed by atoms with Crippen molar-refractivity contribution in [2.24, 2.45) is 0 Å². The second-order valence-electron chi connectivity index (χ2n) is 8.57. The number of nitrogens with one attached hydrogen (secondary N) is 1. The molecular weight excluding hydrogens is 406 g/mol. The lowest BCUT2D eigenvalue weighted by Crippen LogP contribution is -2.50. The zero-order valence-corrected chi connectivity index (χ0v) is 18.8. The van der Waals surface area contributed by atoms with Crippen molar-refractivity contribution < 1.29 is 19.1 Å². The molecule has 0 bridgehead atoms. The molecule has 2 atom stereocenters. The van der Waals surface area contributed by atoms with Crippen LogP contribution in [0.1, 0.15) is 31.7 Å². The Bertz CT molecular complexity index is 941. The molecule has 2 aromatic carbocycles. The van der Waals surface area contributed by atoms with Crippen molar-refractivity contribution in [2.75, 3.05) is 49.5 Å². The molecule has 0 spiro atoms. The van der Waals surface area contributed by atoms with Crippen molar-refractivity contribution in [3.8, 4) is 5.75 Å². The van der Waals surface area contributed by atoms with Gasteiger partial charge < -0.3 is 19.7 Å². The molecule has 2 aliphatic heterocycles. The van der Waals surface area contributed by atoms with Crippen molar-refractivity contribution >= 4 is 23.3 Å². The van der Waals surface area contributed by atoms with Crippen LogP contribution in [0.25, 0.3) is 0 Å². The van der Waals surface area contributed by atoms with Gasteiger partial charge in [0.1, 0.15) is 18.5 Å². The van der Waals surface area contributed by atoms with Crippen molar-refractivity contribution in [3.63, 3.8) is 0 Å². The molecule has 2 aromatic rings. The zero-order chi connectivity index (χ0) is 22.5. The Balaban J connectivity index is 1.33. The minimum atomic E-state index is -0.361. The summed E-state index contributed by atoms with van der Waals surface area (Å²) in [6.45, 7) is 8.02. The summed E-state index contributed by atoms with van der Waals surface area (Å²) in [5.41, 5.74) is 3.15. The fourth-order valence-corrected chi connectivity index (χ4v) is 4.42. The highest BCUT2D eigenvalue weighted by atomic mass is 16.6. The van der Waals surface area contributed by atoms with Crippen LogP contribution in [0.15, 0.2) is 48.5 Å². The van der Waals surface area contributed by atoms with E-state index in [2.05, 4.69) is 39.4 Å². The van der Waals surface area contributed by atoms with Crippen LogP contribution in [-0.2, 0) is 14.3 Å². The molecule has 170 valence electrons. The van der Waals surface area contributed by atoms with Crippen LogP contribution in [-0.4, -0.2) is 62.2 Å². The van der Waals surface area contributed by atoms with E-state index in [0.717, 1.165) is 37.4 Å². The van der Waals surface area contributed by atoms with Crippen molar-refractivity contribution in [1.82, 2.24) is 4.90 Å². The molecule has 7 nitrogen and oxygen atoms in total. The second-order valence-corrected chi connectivity index (χ2v) is 8.57. The number of anilines is 2. The first-order valence-corrected chi connectivity index (χ1v) is 11.2. The third kappa shape index (κ3) is 5.59. The molecule has 32 heavy (non-hydrogen) atoms. The predicted octanol–water partition coefficient (Wildman–Crippen LogP) is 3.27. The monoisotopic (exact) mass is 437 g/mol. The van der Waals surface area contributed by atoms with Crippen LogP contribution in [0.2, 0.25) is 0 Å². The predicted molar refractivity (Wildman–Crippen MR) is 124 cm³/mol. The van der Waals surface area contributed by atoms with Crippen LogP contribution >= 0.6 is 0 Å². The van der Waals surface area contributed by atoms with Crippen molar-refractivity contribution in [2.45, 2.75) is 32.3 Å². The smallest absolute Gasteiger partial charge is 0.303 e. The second kappa shape index (κ2) is 10.0. The molecule has 1 amide bonds. The largest absolute Gasteiger partial charge is 0.490 e. The van der Waals surface area contributed by atoms with E-state index in [1.54, 1.807) is 0 Å². The number of hydrogen-bond acceptors (Lipinski definition) is 6. The first kappa shape index (κ1) is 22.1. The van der Waals surface area contributed by atoms with Gasteiger partial charge in [-0.3, -0.25) is 14.5 Å². The Morgan fingerprint density at radius 1 is 1.12 bits per heavy atom. The normalized spacial score (nSPS) is 19.6. The Morgan fingerprint density at radius 2 is 1.88 bits per heavy atom. The van der Waals surface area contributed by atoms with E-state index in [1.807, 2.05) is 31.2 Å². The lowest BCUT2D eigenvalue weighted by atomic mass is 9.92. The van der Waals surface area contributed by atoms with Crippen LogP contribution in [0.3, 0.4) is 0 Å². The summed E-state index contributed by atoms with van der Waals surface area (Å²) in [5.74, 6) is 0.558. The number of rotatable bonds is 7. The van der Waals surface area contributed by atoms with E-state index in [9.17, 15) is 9.59 Å². The molecule has 2 heterocycles. The highest BCUT2D eigenvalue weighted by Crippen LogP contribution is 2.34. The number of piperazine rings is 1. The van der Waals surface area contributed by atoms with Crippen molar-refractivity contribution in [1.29, 1.82) is 0 Å². The van der Waals surface area contributed by atoms with Gasteiger partial charge in [0.2, 0.25) is 5.91 Å². The number of carbonyl (C=O) groups excluding carboxylic acids is 2. The number of ether oxygens (including phenoxy) is 2. The molecule has 0 aliphatic carbocycles. The van der Waals surface area contributed by atoms with Gasteiger partial charge in [-0.2, -0.15) is 0 Å². The fourth-order valence-electron chi connectivity index (χ4n) is 4.42. The quantitative estimate of drug-likeness (QED) is 0.671. The van der Waals surface area contributed by atoms with E-state index in [0.29, 0.717) is 18.7 Å². The molecule has 0 radical (unpaired) electrons. The standard InChI is InChI=1S/C25H31N3O4/c1-18-14-25(30)26-24-15-21(8-9-23(18)24)31-17-22(32-19(2)29)16-27-10-12-28(13-11-27)20-6-4-3-5-7-20/h3-9,15,18,22H,10-14,16-17H2,1-2H3,(H,26,30). The third-order valence-electron chi connectivity index (χ3n) is 6.05. The Morgan fingerprint density at radius 3 is 2.59 bits per heavy atom. The number of fused-ring (bicyclic) bond motifs is 1. The highest BCUT2D eigenvalue weighted by Gasteiger charge is 2.24. The van der Waals surface area contributed by atoms with Gasteiger partial charge in [0.15, 0.2) is 0 Å². The third-order valence-corrected chi connectivity index (χ3v) is 6.05. The van der Waals surface area contributed by atoms with Gasteiger partial charge in [0, 0.05) is 63.5 Å². The van der Waals surface area contributed by atoms with E-state index in [4.69, 9.17) is 9.47 Å². The molecule has 1 N–H and O–H groups in total. The zero-order valence-electron chi connectivity index (χ0n) is 18.8. The number of nitrogens with zero attached hydrogens (tertiary/aromatic N) is 2. The topological polar surface area (TPSA) is 71.1 Å². The minimum absolute atomic E-state index is 0.0228. The maximum atomic E-state index is 11.9. The van der Waals surface area contributed by atoms with E-state index in [1.165, 1.54) is 12.6 Å². The van der Waals surface area contributed by atoms with Gasteiger partial charge >= 0.3 is 5.97 Å². The molecule has 1 fully saturated rings. The lowest BCUT2D eigenvalue weighted by Gasteiger charge is -2.37. The Hall–Kier alpha value is -3.06. The number of esters is 1. The molecule has 0 saturated carbocycles. The summed E-state index contributed by atoms with van der Waals surface area (Å²) in [5, 5.41) is 2.92. The van der Waals surface area contributed by atoms with E-state index >= 15 is 0 Å². The maximum absolute atomic E-state index is 11.9. The first-order chi connectivity index (χ1) is 15.5. The average Bonchev–Trinajstić information content (AvgIpc) is 2.78. The minimum Gasteiger partial charge on any atom is -0.490 e. The van der Waals surface area contributed by atoms with Gasteiger partial charge in [-0.15, -0.1) is 0 Å². The summed E-state index contributed by atoms with van der Waals surface area (Å²) >= 11 is 0. The van der Waals surface area contributed by atoms with Crippen LogP contribution in [0, 0.1) is 0 Å². The van der Waals surface area contributed by atoms with Crippen LogP contribution in [0.5, 0.6) is 5.75 Å². The molecule has 7 heteroatoms. The van der Waals surface area contributed by atoms with E-state index < -0.39 is 0 Å². The van der Waals surface area contributed by atoms with Gasteiger partial charge in [-0.1, -0.05) is 31.2 Å². The fraction of sp³-hybridized carbons (Fsp3) is 0.440. The summed E-state index contributed by atoms with van der Waals surface area (Å²) in [4.78, 5) is 28.2. The number of carbonyl (C=O) groups is 2. The summed E-state index contributed by atoms with van der Waals surface area (Å²) in [6.07, 6.45) is 0.138. The van der Waals surface area contributed by atoms with Gasteiger partial charge in [0.25, 0.3) is 0 Å². The molecule has 1 saturated heterocycles. The SMILES string of the molecule is CC(=O)OC(COc1ccc2c(c1)NC(=O)CC2C)CN1CCN(c2ccccc2)CC1.